The second-order valence-electron chi connectivity index (χ2n) is 3.26. The minimum Gasteiger partial charge on any atom is -0.313 e. The first-order valence-corrected chi connectivity index (χ1v) is 4.51. The van der Waals surface area contributed by atoms with Crippen LogP contribution in [0.15, 0.2) is 11.6 Å². The van der Waals surface area contributed by atoms with Crippen molar-refractivity contribution >= 4 is 0 Å². The van der Waals surface area contributed by atoms with Crippen LogP contribution < -0.4 is 11.5 Å². The van der Waals surface area contributed by atoms with Gasteiger partial charge in [-0.25, -0.2) is 0 Å². The molecule has 0 saturated carbocycles. The molecule has 1 aliphatic carbocycles. The van der Waals surface area contributed by atoms with Gasteiger partial charge in [-0.1, -0.05) is 18.9 Å². The maximum Gasteiger partial charge on any atom is 0.0743 e. The lowest BCUT2D eigenvalue weighted by molar-refractivity contribution is 0.600. The van der Waals surface area contributed by atoms with E-state index in [9.17, 15) is 0 Å². The average molecular weight is 154 g/mol. The van der Waals surface area contributed by atoms with Crippen LogP contribution in [0, 0.1) is 0 Å². The minimum atomic E-state index is -0.215. The van der Waals surface area contributed by atoms with Gasteiger partial charge in [-0.2, -0.15) is 0 Å². The van der Waals surface area contributed by atoms with Crippen molar-refractivity contribution in [3.8, 4) is 0 Å². The lowest BCUT2D eigenvalue weighted by Gasteiger charge is -2.13. The Labute approximate surface area is 68.6 Å². The summed E-state index contributed by atoms with van der Waals surface area (Å²) < 4.78 is 0. The zero-order valence-electron chi connectivity index (χ0n) is 7.05. The molecule has 1 aliphatic rings. The molecule has 0 aromatic rings. The first-order valence-electron chi connectivity index (χ1n) is 4.51. The van der Waals surface area contributed by atoms with E-state index in [0.717, 1.165) is 6.42 Å². The fraction of sp³-hybridized carbons (Fsp3) is 0.778. The number of nitrogens with two attached hydrogens (primary N) is 2. The lowest BCUT2D eigenvalue weighted by Crippen LogP contribution is -2.32. The normalized spacial score (nSPS) is 20.8. The van der Waals surface area contributed by atoms with Crippen LogP contribution in [0.5, 0.6) is 0 Å². The molecule has 0 spiro atoms. The van der Waals surface area contributed by atoms with Crippen molar-refractivity contribution < 1.29 is 0 Å². The number of allylic oxidation sites excluding steroid dienone is 1. The molecule has 1 rings (SSSR count). The topological polar surface area (TPSA) is 52.0 Å². The van der Waals surface area contributed by atoms with Crippen molar-refractivity contribution in [3.05, 3.63) is 11.6 Å². The zero-order valence-corrected chi connectivity index (χ0v) is 7.05. The number of hydrogen-bond donors (Lipinski definition) is 2. The number of rotatable bonds is 1. The third-order valence-corrected chi connectivity index (χ3v) is 2.25. The minimum absolute atomic E-state index is 0.215. The third-order valence-electron chi connectivity index (χ3n) is 2.25. The Bertz CT molecular complexity index is 138. The predicted octanol–water partition coefficient (Wildman–Crippen LogP) is 1.51. The Balaban J connectivity index is 2.45. The van der Waals surface area contributed by atoms with Crippen LogP contribution in [0.3, 0.4) is 0 Å². The van der Waals surface area contributed by atoms with E-state index in [1.807, 2.05) is 0 Å². The molecule has 4 N–H and O–H groups in total. The van der Waals surface area contributed by atoms with Gasteiger partial charge in [-0.05, 0) is 31.3 Å². The van der Waals surface area contributed by atoms with Gasteiger partial charge in [0.25, 0.3) is 0 Å². The van der Waals surface area contributed by atoms with E-state index in [1.54, 1.807) is 0 Å². The fourth-order valence-electron chi connectivity index (χ4n) is 1.52. The molecule has 0 atom stereocenters. The van der Waals surface area contributed by atoms with E-state index in [4.69, 9.17) is 11.5 Å². The summed E-state index contributed by atoms with van der Waals surface area (Å²) in [6.45, 7) is 0. The van der Waals surface area contributed by atoms with Gasteiger partial charge in [0, 0.05) is 0 Å². The van der Waals surface area contributed by atoms with E-state index in [0.29, 0.717) is 0 Å². The first kappa shape index (κ1) is 8.75. The van der Waals surface area contributed by atoms with Crippen LogP contribution in [0.25, 0.3) is 0 Å². The van der Waals surface area contributed by atoms with Crippen LogP contribution in [0.4, 0.5) is 0 Å². The lowest BCUT2D eigenvalue weighted by atomic mass is 9.99. The Hall–Kier alpha value is -0.340. The second-order valence-corrected chi connectivity index (χ2v) is 3.26. The monoisotopic (exact) mass is 154 g/mol. The standard InChI is InChI=1S/C9H18N2/c10-9(11)8-6-4-2-1-3-5-7-8/h6,9H,1-5,7,10-11H2. The maximum absolute atomic E-state index is 5.60. The van der Waals surface area contributed by atoms with Crippen LogP contribution in [-0.4, -0.2) is 6.17 Å². The molecule has 0 fully saturated rings. The molecule has 0 radical (unpaired) electrons. The van der Waals surface area contributed by atoms with E-state index >= 15 is 0 Å². The molecule has 0 unspecified atom stereocenters. The molecule has 2 nitrogen and oxygen atoms in total. The van der Waals surface area contributed by atoms with Crippen molar-refractivity contribution in [2.75, 3.05) is 0 Å². The molecule has 2 heteroatoms. The van der Waals surface area contributed by atoms with Crippen molar-refractivity contribution in [2.45, 2.75) is 44.7 Å². The summed E-state index contributed by atoms with van der Waals surface area (Å²) in [5.74, 6) is 0. The fourth-order valence-corrected chi connectivity index (χ4v) is 1.52. The zero-order chi connectivity index (χ0) is 8.10. The summed E-state index contributed by atoms with van der Waals surface area (Å²) >= 11 is 0. The Morgan fingerprint density at radius 2 is 1.82 bits per heavy atom. The van der Waals surface area contributed by atoms with Crippen molar-refractivity contribution in [2.24, 2.45) is 11.5 Å². The van der Waals surface area contributed by atoms with Gasteiger partial charge in [0.1, 0.15) is 0 Å². The molecule has 0 heterocycles. The molecule has 0 amide bonds. The highest BCUT2D eigenvalue weighted by atomic mass is 14.8. The average Bonchev–Trinajstić information content (AvgIpc) is 1.84. The van der Waals surface area contributed by atoms with Crippen LogP contribution in [-0.2, 0) is 0 Å². The van der Waals surface area contributed by atoms with E-state index in [-0.39, 0.29) is 6.17 Å². The molecule has 0 bridgehead atoms. The van der Waals surface area contributed by atoms with Crippen molar-refractivity contribution in [1.29, 1.82) is 0 Å². The van der Waals surface area contributed by atoms with Gasteiger partial charge in [-0.15, -0.1) is 0 Å². The largest absolute Gasteiger partial charge is 0.313 e. The third kappa shape index (κ3) is 3.04. The van der Waals surface area contributed by atoms with Gasteiger partial charge in [-0.3, -0.25) is 0 Å². The highest BCUT2D eigenvalue weighted by Gasteiger charge is 2.05. The first-order chi connectivity index (χ1) is 5.30. The predicted molar refractivity (Wildman–Crippen MR) is 47.9 cm³/mol. The molecular formula is C9H18N2. The van der Waals surface area contributed by atoms with Crippen LogP contribution in [0.2, 0.25) is 0 Å². The second kappa shape index (κ2) is 4.52. The van der Waals surface area contributed by atoms with Gasteiger partial charge < -0.3 is 11.5 Å². The van der Waals surface area contributed by atoms with Gasteiger partial charge >= 0.3 is 0 Å². The quantitative estimate of drug-likeness (QED) is 0.444. The molecule has 64 valence electrons. The Morgan fingerprint density at radius 1 is 1.09 bits per heavy atom. The van der Waals surface area contributed by atoms with E-state index in [2.05, 4.69) is 6.08 Å². The molecular weight excluding hydrogens is 136 g/mol. The van der Waals surface area contributed by atoms with E-state index < -0.39 is 0 Å². The number of hydrogen-bond acceptors (Lipinski definition) is 2. The Morgan fingerprint density at radius 3 is 2.55 bits per heavy atom. The molecule has 0 aromatic heterocycles. The summed E-state index contributed by atoms with van der Waals surface area (Å²) in [7, 11) is 0. The maximum atomic E-state index is 5.60. The molecule has 0 saturated heterocycles. The van der Waals surface area contributed by atoms with Crippen LogP contribution >= 0.6 is 0 Å². The van der Waals surface area contributed by atoms with E-state index in [1.165, 1.54) is 37.7 Å². The summed E-state index contributed by atoms with van der Waals surface area (Å²) in [6, 6.07) is 0. The highest BCUT2D eigenvalue weighted by Crippen LogP contribution is 2.16. The smallest absolute Gasteiger partial charge is 0.0743 e. The Kier molecular flexibility index (Phi) is 3.60. The summed E-state index contributed by atoms with van der Waals surface area (Å²) in [5.41, 5.74) is 12.4. The SMILES string of the molecule is NC(N)C1=CCCCCCC1. The highest BCUT2D eigenvalue weighted by molar-refractivity contribution is 5.08. The van der Waals surface area contributed by atoms with Gasteiger partial charge in [0.05, 0.1) is 6.17 Å². The van der Waals surface area contributed by atoms with Gasteiger partial charge in [0.15, 0.2) is 0 Å². The summed E-state index contributed by atoms with van der Waals surface area (Å²) in [5, 5.41) is 0. The molecule has 0 aromatic carbocycles. The summed E-state index contributed by atoms with van der Waals surface area (Å²) in [4.78, 5) is 0. The van der Waals surface area contributed by atoms with Crippen LogP contribution in [0.1, 0.15) is 38.5 Å². The van der Waals surface area contributed by atoms with Crippen molar-refractivity contribution in [3.63, 3.8) is 0 Å². The molecule has 0 aliphatic heterocycles. The molecule has 11 heavy (non-hydrogen) atoms. The summed E-state index contributed by atoms with van der Waals surface area (Å²) in [6.07, 6.45) is 9.55. The van der Waals surface area contributed by atoms with Crippen molar-refractivity contribution in [1.82, 2.24) is 0 Å². The van der Waals surface area contributed by atoms with Gasteiger partial charge in [0.2, 0.25) is 0 Å².